The Morgan fingerprint density at radius 2 is 1.13 bits per heavy atom. The third-order valence-corrected chi connectivity index (χ3v) is 11.7. The summed E-state index contributed by atoms with van der Waals surface area (Å²) in [6.45, 7) is 10.8. The molecule has 1 aliphatic rings. The van der Waals surface area contributed by atoms with Crippen LogP contribution in [0.15, 0.2) is 217 Å². The normalized spacial score (nSPS) is 13.8. The van der Waals surface area contributed by atoms with Gasteiger partial charge in [0.05, 0.1) is 33.8 Å². The van der Waals surface area contributed by atoms with Crippen LogP contribution >= 0.6 is 0 Å². The van der Waals surface area contributed by atoms with Gasteiger partial charge in [-0.05, 0) is 101 Å². The fourth-order valence-corrected chi connectivity index (χ4v) is 8.77. The largest absolute Gasteiger partial charge is 0.335 e. The zero-order valence-corrected chi connectivity index (χ0v) is 33.5. The Morgan fingerprint density at radius 3 is 1.78 bits per heavy atom. The molecule has 0 bridgehead atoms. The van der Waals surface area contributed by atoms with Crippen molar-refractivity contribution in [1.82, 2.24) is 9.55 Å². The molecule has 0 amide bonds. The number of aliphatic imine (C=N–C) groups is 1. The first-order chi connectivity index (χ1) is 29.6. The van der Waals surface area contributed by atoms with Crippen LogP contribution in [-0.2, 0) is 0 Å². The Balaban J connectivity index is 1.21. The molecule has 0 N–H and O–H groups in total. The number of allylic oxidation sites excluding steroid dienone is 3. The number of fused-ring (bicyclic) bond motifs is 4. The number of para-hydroxylation sites is 3. The summed E-state index contributed by atoms with van der Waals surface area (Å²) in [5.74, 6) is 0.849. The number of aromatic nitrogens is 2. The predicted octanol–water partition coefficient (Wildman–Crippen LogP) is 14.8. The zero-order valence-electron chi connectivity index (χ0n) is 33.5. The lowest BCUT2D eigenvalue weighted by Gasteiger charge is -2.35. The molecule has 0 fully saturated rings. The van der Waals surface area contributed by atoms with Crippen LogP contribution in [0.25, 0.3) is 77.8 Å². The average Bonchev–Trinajstić information content (AvgIpc) is 3.64. The average molecular weight is 771 g/mol. The first kappa shape index (κ1) is 36.5. The van der Waals surface area contributed by atoms with Gasteiger partial charge in [0.1, 0.15) is 5.82 Å². The molecule has 1 aliphatic heterocycles. The molecule has 7 aromatic carbocycles. The minimum absolute atomic E-state index is 0.660. The summed E-state index contributed by atoms with van der Waals surface area (Å²) in [4.78, 5) is 12.3. The van der Waals surface area contributed by atoms with Gasteiger partial charge in [0.2, 0.25) is 0 Å². The molecule has 10 rings (SSSR count). The number of anilines is 2. The third kappa shape index (κ3) is 6.45. The molecule has 0 unspecified atom stereocenters. The summed E-state index contributed by atoms with van der Waals surface area (Å²) >= 11 is 0. The van der Waals surface area contributed by atoms with Crippen molar-refractivity contribution in [3.05, 3.63) is 218 Å². The van der Waals surface area contributed by atoms with E-state index in [0.717, 1.165) is 67.2 Å². The minimum atomic E-state index is 0.660. The molecule has 4 nitrogen and oxygen atoms in total. The fraction of sp³-hybridized carbons (Fsp3) is 0.0357. The third-order valence-electron chi connectivity index (χ3n) is 11.7. The second-order valence-corrected chi connectivity index (χ2v) is 15.1. The first-order valence-electron chi connectivity index (χ1n) is 20.3. The molecule has 286 valence electrons. The molecule has 0 spiro atoms. The fourth-order valence-electron chi connectivity index (χ4n) is 8.77. The zero-order chi connectivity index (χ0) is 40.6. The minimum Gasteiger partial charge on any atom is -0.335 e. The number of rotatable bonds is 8. The SMILES string of the molecule is C=C/C=C1/CN(c2ccccc2N=C)c2cc3c(cc2/C1=C/C)c1ccccc1n3-c1cc(-c2ccc(-c3ccccc3)cc2)cc(-c2ccc(-c3ccccc3)cc2)n1. The summed E-state index contributed by atoms with van der Waals surface area (Å²) in [5.41, 5.74) is 17.6. The van der Waals surface area contributed by atoms with Crippen LogP contribution in [0, 0.1) is 0 Å². The van der Waals surface area contributed by atoms with Crippen LogP contribution in [-0.4, -0.2) is 22.8 Å². The van der Waals surface area contributed by atoms with Crippen molar-refractivity contribution in [2.75, 3.05) is 11.4 Å². The quantitative estimate of drug-likeness (QED) is 0.144. The molecular formula is C56H42N4. The maximum absolute atomic E-state index is 5.52. The van der Waals surface area contributed by atoms with Crippen LogP contribution in [0.3, 0.4) is 0 Å². The molecule has 9 aromatic rings. The van der Waals surface area contributed by atoms with Crippen molar-refractivity contribution >= 4 is 51.2 Å². The van der Waals surface area contributed by atoms with Crippen LogP contribution in [0.5, 0.6) is 0 Å². The molecule has 3 heterocycles. The summed E-state index contributed by atoms with van der Waals surface area (Å²) in [6.07, 6.45) is 6.22. The first-order valence-corrected chi connectivity index (χ1v) is 20.3. The standard InChI is InChI=1S/C56H42N4/c1-4-16-44-37-59(53-24-15-13-22-50(53)57-3)54-36-55-49(35-48(54)46(44)5-2)47-21-12-14-23-52(47)60(55)56-34-45(42-27-25-40(26-28-42)38-17-8-6-9-18-38)33-51(58-56)43-31-29-41(30-32-43)39-19-10-7-11-20-39/h4-36H,1,3,37H2,2H3/b44-16-,46-5+. The molecule has 0 aliphatic carbocycles. The van der Waals surface area contributed by atoms with E-state index in [-0.39, 0.29) is 0 Å². The molecular weight excluding hydrogens is 729 g/mol. The maximum Gasteiger partial charge on any atom is 0.138 e. The number of benzene rings is 7. The molecule has 0 saturated heterocycles. The predicted molar refractivity (Wildman–Crippen MR) is 255 cm³/mol. The molecule has 0 saturated carbocycles. The second-order valence-electron chi connectivity index (χ2n) is 15.1. The van der Waals surface area contributed by atoms with Gasteiger partial charge >= 0.3 is 0 Å². The van der Waals surface area contributed by atoms with Crippen molar-refractivity contribution in [1.29, 1.82) is 0 Å². The summed E-state index contributed by atoms with van der Waals surface area (Å²) in [7, 11) is 0. The van der Waals surface area contributed by atoms with E-state index in [1.165, 1.54) is 38.8 Å². The highest BCUT2D eigenvalue weighted by Crippen LogP contribution is 2.48. The summed E-state index contributed by atoms with van der Waals surface area (Å²) in [6, 6.07) is 64.8. The van der Waals surface area contributed by atoms with E-state index in [0.29, 0.717) is 6.54 Å². The van der Waals surface area contributed by atoms with E-state index in [1.54, 1.807) is 0 Å². The van der Waals surface area contributed by atoms with Crippen molar-refractivity contribution in [3.63, 3.8) is 0 Å². The lowest BCUT2D eigenvalue weighted by molar-refractivity contribution is 1.03. The molecule has 60 heavy (non-hydrogen) atoms. The number of pyridine rings is 1. The lowest BCUT2D eigenvalue weighted by Crippen LogP contribution is -2.26. The van der Waals surface area contributed by atoms with Crippen molar-refractivity contribution in [2.24, 2.45) is 4.99 Å². The van der Waals surface area contributed by atoms with Gasteiger partial charge in [0, 0.05) is 28.4 Å². The maximum atomic E-state index is 5.52. The highest BCUT2D eigenvalue weighted by atomic mass is 15.2. The highest BCUT2D eigenvalue weighted by Gasteiger charge is 2.29. The van der Waals surface area contributed by atoms with Gasteiger partial charge in [0.25, 0.3) is 0 Å². The lowest BCUT2D eigenvalue weighted by atomic mass is 9.89. The van der Waals surface area contributed by atoms with Crippen molar-refractivity contribution in [3.8, 4) is 50.5 Å². The Kier molecular flexibility index (Phi) is 9.43. The van der Waals surface area contributed by atoms with E-state index >= 15 is 0 Å². The van der Waals surface area contributed by atoms with E-state index in [9.17, 15) is 0 Å². The Labute approximate surface area is 351 Å². The molecule has 0 radical (unpaired) electrons. The van der Waals surface area contributed by atoms with E-state index in [1.807, 2.05) is 18.2 Å². The van der Waals surface area contributed by atoms with Gasteiger partial charge < -0.3 is 4.90 Å². The van der Waals surface area contributed by atoms with Crippen LogP contribution in [0.4, 0.5) is 17.1 Å². The van der Waals surface area contributed by atoms with Gasteiger partial charge in [-0.25, -0.2) is 4.98 Å². The van der Waals surface area contributed by atoms with Crippen LogP contribution in [0.1, 0.15) is 12.5 Å². The van der Waals surface area contributed by atoms with Gasteiger partial charge in [-0.3, -0.25) is 9.56 Å². The smallest absolute Gasteiger partial charge is 0.138 e. The van der Waals surface area contributed by atoms with Crippen molar-refractivity contribution < 1.29 is 0 Å². The van der Waals surface area contributed by atoms with E-state index in [2.05, 4.69) is 217 Å². The highest BCUT2D eigenvalue weighted by molar-refractivity contribution is 6.13. The number of nitrogens with zero attached hydrogens (tertiary/aromatic N) is 4. The van der Waals surface area contributed by atoms with Gasteiger partial charge in [-0.2, -0.15) is 0 Å². The Hall–Kier alpha value is -7.82. The topological polar surface area (TPSA) is 33.4 Å². The van der Waals surface area contributed by atoms with Gasteiger partial charge in [-0.15, -0.1) is 0 Å². The Morgan fingerprint density at radius 1 is 0.550 bits per heavy atom. The molecule has 4 heteroatoms. The van der Waals surface area contributed by atoms with E-state index < -0.39 is 0 Å². The molecule has 0 atom stereocenters. The monoisotopic (exact) mass is 770 g/mol. The van der Waals surface area contributed by atoms with Crippen molar-refractivity contribution in [2.45, 2.75) is 6.92 Å². The Bertz CT molecular complexity index is 3030. The second kappa shape index (κ2) is 15.5. The summed E-state index contributed by atoms with van der Waals surface area (Å²) < 4.78 is 2.34. The molecule has 2 aromatic heterocycles. The van der Waals surface area contributed by atoms with Gasteiger partial charge in [0.15, 0.2) is 0 Å². The van der Waals surface area contributed by atoms with Crippen LogP contribution in [0.2, 0.25) is 0 Å². The van der Waals surface area contributed by atoms with E-state index in [4.69, 9.17) is 4.98 Å². The summed E-state index contributed by atoms with van der Waals surface area (Å²) in [5, 5.41) is 2.32. The van der Waals surface area contributed by atoms with Crippen LogP contribution < -0.4 is 4.90 Å². The number of hydrogen-bond donors (Lipinski definition) is 0. The number of hydrogen-bond acceptors (Lipinski definition) is 3. The van der Waals surface area contributed by atoms with Gasteiger partial charge in [-0.1, -0.05) is 164 Å².